The van der Waals surface area contributed by atoms with Crippen LogP contribution in [0.25, 0.3) is 10.9 Å². The predicted octanol–water partition coefficient (Wildman–Crippen LogP) is 3.77. The molecule has 0 unspecified atom stereocenters. The van der Waals surface area contributed by atoms with Crippen LogP contribution in [0.3, 0.4) is 0 Å². The number of rotatable bonds is 5. The van der Waals surface area contributed by atoms with Gasteiger partial charge in [0.25, 0.3) is 0 Å². The Kier molecular flexibility index (Phi) is 4.51. The van der Waals surface area contributed by atoms with E-state index in [1.807, 2.05) is 53.3 Å². The van der Waals surface area contributed by atoms with E-state index in [4.69, 9.17) is 5.73 Å². The maximum atomic E-state index is 12.2. The van der Waals surface area contributed by atoms with Crippen molar-refractivity contribution < 1.29 is 4.79 Å². The van der Waals surface area contributed by atoms with Gasteiger partial charge in [-0.1, -0.05) is 18.2 Å². The van der Waals surface area contributed by atoms with Crippen molar-refractivity contribution in [1.82, 2.24) is 9.78 Å². The normalized spacial score (nSPS) is 11.1. The molecule has 1 heterocycles. The molecule has 0 saturated heterocycles. The molecule has 24 heavy (non-hydrogen) atoms. The number of hydrogen-bond donors (Lipinski definition) is 2. The number of aromatic nitrogens is 2. The zero-order valence-electron chi connectivity index (χ0n) is 14.0. The number of nitrogens with one attached hydrogen (secondary N) is 1. The number of benzene rings is 2. The number of carbonyl (C=O) groups is 1. The number of aryl methyl sites for hydroxylation is 1. The Morgan fingerprint density at radius 1 is 1.25 bits per heavy atom. The van der Waals surface area contributed by atoms with Crippen molar-refractivity contribution in [2.45, 2.75) is 32.7 Å². The zero-order chi connectivity index (χ0) is 17.1. The molecule has 0 aliphatic rings. The van der Waals surface area contributed by atoms with Crippen LogP contribution in [0, 0.1) is 0 Å². The van der Waals surface area contributed by atoms with Crippen molar-refractivity contribution in [3.8, 4) is 0 Å². The van der Waals surface area contributed by atoms with Gasteiger partial charge in [-0.2, -0.15) is 5.10 Å². The average Bonchev–Trinajstić information content (AvgIpc) is 2.97. The summed E-state index contributed by atoms with van der Waals surface area (Å²) in [4.78, 5) is 12.2. The van der Waals surface area contributed by atoms with E-state index in [0.29, 0.717) is 12.8 Å². The molecule has 5 heteroatoms. The molecule has 0 aliphatic carbocycles. The number of hydrogen-bond acceptors (Lipinski definition) is 3. The Balaban J connectivity index is 1.69. The summed E-state index contributed by atoms with van der Waals surface area (Å²) < 4.78 is 1.95. The SMILES string of the molecule is CC(C)n1ncc2ccc(NC(=O)CCc3ccccc3N)cc21. The summed E-state index contributed by atoms with van der Waals surface area (Å²) in [6.07, 6.45) is 2.87. The first kappa shape index (κ1) is 16.1. The molecule has 3 rings (SSSR count). The van der Waals surface area contributed by atoms with Crippen molar-refractivity contribution in [3.63, 3.8) is 0 Å². The molecule has 0 radical (unpaired) electrons. The lowest BCUT2D eigenvalue weighted by atomic mass is 10.1. The summed E-state index contributed by atoms with van der Waals surface area (Å²) in [6.45, 7) is 4.17. The fourth-order valence-corrected chi connectivity index (χ4v) is 2.76. The standard InChI is InChI=1S/C19H22N4O/c1-13(2)23-18-11-16(9-7-15(18)12-21-23)22-19(24)10-8-14-5-3-4-6-17(14)20/h3-7,9,11-13H,8,10,20H2,1-2H3,(H,22,24). The first-order valence-electron chi connectivity index (χ1n) is 8.15. The van der Waals surface area contributed by atoms with Crippen LogP contribution in [0.5, 0.6) is 0 Å². The third kappa shape index (κ3) is 3.40. The van der Waals surface area contributed by atoms with E-state index < -0.39 is 0 Å². The molecule has 5 nitrogen and oxygen atoms in total. The largest absolute Gasteiger partial charge is 0.399 e. The van der Waals surface area contributed by atoms with Crippen molar-refractivity contribution in [2.75, 3.05) is 11.1 Å². The highest BCUT2D eigenvalue weighted by atomic mass is 16.1. The maximum Gasteiger partial charge on any atom is 0.224 e. The van der Waals surface area contributed by atoms with E-state index >= 15 is 0 Å². The second kappa shape index (κ2) is 6.74. The van der Waals surface area contributed by atoms with E-state index in [1.54, 1.807) is 0 Å². The number of carbonyl (C=O) groups excluding carboxylic acids is 1. The lowest BCUT2D eigenvalue weighted by molar-refractivity contribution is -0.116. The van der Waals surface area contributed by atoms with Gasteiger partial charge >= 0.3 is 0 Å². The molecule has 2 aromatic carbocycles. The third-order valence-corrected chi connectivity index (χ3v) is 4.05. The Morgan fingerprint density at radius 3 is 2.79 bits per heavy atom. The first-order valence-corrected chi connectivity index (χ1v) is 8.15. The highest BCUT2D eigenvalue weighted by molar-refractivity contribution is 5.93. The van der Waals surface area contributed by atoms with Gasteiger partial charge in [0.05, 0.1) is 11.7 Å². The van der Waals surface area contributed by atoms with Crippen molar-refractivity contribution in [2.24, 2.45) is 0 Å². The van der Waals surface area contributed by atoms with Gasteiger partial charge in [-0.3, -0.25) is 9.48 Å². The van der Waals surface area contributed by atoms with Gasteiger partial charge in [0, 0.05) is 29.2 Å². The van der Waals surface area contributed by atoms with E-state index in [9.17, 15) is 4.79 Å². The second-order valence-corrected chi connectivity index (χ2v) is 6.20. The summed E-state index contributed by atoms with van der Waals surface area (Å²) in [5.74, 6) is -0.0202. The number of nitrogen functional groups attached to an aromatic ring is 1. The van der Waals surface area contributed by atoms with E-state index in [2.05, 4.69) is 24.3 Å². The van der Waals surface area contributed by atoms with Crippen molar-refractivity contribution in [3.05, 3.63) is 54.2 Å². The minimum absolute atomic E-state index is 0.0202. The molecule has 3 N–H and O–H groups in total. The van der Waals surface area contributed by atoms with Crippen molar-refractivity contribution >= 4 is 28.2 Å². The topological polar surface area (TPSA) is 72.9 Å². The van der Waals surface area contributed by atoms with Crippen LogP contribution >= 0.6 is 0 Å². The summed E-state index contributed by atoms with van der Waals surface area (Å²) in [6, 6.07) is 13.8. The number of fused-ring (bicyclic) bond motifs is 1. The van der Waals surface area contributed by atoms with Crippen molar-refractivity contribution in [1.29, 1.82) is 0 Å². The molecule has 0 aliphatic heterocycles. The molecular formula is C19H22N4O. The highest BCUT2D eigenvalue weighted by Crippen LogP contribution is 2.22. The lowest BCUT2D eigenvalue weighted by Crippen LogP contribution is -2.13. The maximum absolute atomic E-state index is 12.2. The molecule has 0 bridgehead atoms. The van der Waals surface area contributed by atoms with E-state index in [-0.39, 0.29) is 11.9 Å². The van der Waals surface area contributed by atoms with Crippen LogP contribution in [-0.2, 0) is 11.2 Å². The molecule has 0 saturated carbocycles. The van der Waals surface area contributed by atoms with E-state index in [0.717, 1.165) is 27.8 Å². The summed E-state index contributed by atoms with van der Waals surface area (Å²) in [5, 5.41) is 8.42. The second-order valence-electron chi connectivity index (χ2n) is 6.20. The summed E-state index contributed by atoms with van der Waals surface area (Å²) in [5.41, 5.74) is 9.45. The van der Waals surface area contributed by atoms with Gasteiger partial charge < -0.3 is 11.1 Å². The van der Waals surface area contributed by atoms with Crippen LogP contribution in [0.2, 0.25) is 0 Å². The lowest BCUT2D eigenvalue weighted by Gasteiger charge is -2.10. The molecule has 0 atom stereocenters. The minimum Gasteiger partial charge on any atom is -0.399 e. The van der Waals surface area contributed by atoms with Gasteiger partial charge in [0.15, 0.2) is 0 Å². The van der Waals surface area contributed by atoms with Crippen LogP contribution in [0.1, 0.15) is 31.9 Å². The van der Waals surface area contributed by atoms with E-state index in [1.165, 1.54) is 0 Å². The van der Waals surface area contributed by atoms with Crippen LogP contribution in [0.15, 0.2) is 48.7 Å². The summed E-state index contributed by atoms with van der Waals surface area (Å²) in [7, 11) is 0. The fourth-order valence-electron chi connectivity index (χ4n) is 2.76. The fraction of sp³-hybridized carbons (Fsp3) is 0.263. The number of amides is 1. The molecule has 0 fully saturated rings. The number of nitrogens with zero attached hydrogens (tertiary/aromatic N) is 2. The molecule has 0 spiro atoms. The van der Waals surface area contributed by atoms with Crippen LogP contribution in [0.4, 0.5) is 11.4 Å². The molecule has 124 valence electrons. The molecule has 1 aromatic heterocycles. The third-order valence-electron chi connectivity index (χ3n) is 4.05. The molecule has 1 amide bonds. The quantitative estimate of drug-likeness (QED) is 0.702. The highest BCUT2D eigenvalue weighted by Gasteiger charge is 2.09. The van der Waals surface area contributed by atoms with Gasteiger partial charge in [-0.25, -0.2) is 0 Å². The van der Waals surface area contributed by atoms with Gasteiger partial charge in [0.2, 0.25) is 5.91 Å². The number of nitrogens with two attached hydrogens (primary N) is 1. The molecule has 3 aromatic rings. The Bertz CT molecular complexity index is 867. The van der Waals surface area contributed by atoms with Crippen LogP contribution < -0.4 is 11.1 Å². The summed E-state index contributed by atoms with van der Waals surface area (Å²) >= 11 is 0. The monoisotopic (exact) mass is 322 g/mol. The smallest absolute Gasteiger partial charge is 0.224 e. The minimum atomic E-state index is -0.0202. The van der Waals surface area contributed by atoms with Gasteiger partial charge in [-0.15, -0.1) is 0 Å². The Hall–Kier alpha value is -2.82. The average molecular weight is 322 g/mol. The Labute approximate surface area is 141 Å². The van der Waals surface area contributed by atoms with Gasteiger partial charge in [0.1, 0.15) is 0 Å². The first-order chi connectivity index (χ1) is 11.5. The Morgan fingerprint density at radius 2 is 2.04 bits per heavy atom. The predicted molar refractivity (Wildman–Crippen MR) is 97.9 cm³/mol. The molecular weight excluding hydrogens is 300 g/mol. The van der Waals surface area contributed by atoms with Gasteiger partial charge in [-0.05, 0) is 50.1 Å². The number of para-hydroxylation sites is 1. The van der Waals surface area contributed by atoms with Crippen LogP contribution in [-0.4, -0.2) is 15.7 Å². The number of anilines is 2. The zero-order valence-corrected chi connectivity index (χ0v) is 14.0.